The van der Waals surface area contributed by atoms with Crippen LogP contribution >= 0.6 is 0 Å². The molecule has 0 unspecified atom stereocenters. The molecule has 0 bridgehead atoms. The first-order chi connectivity index (χ1) is 6.40. The van der Waals surface area contributed by atoms with E-state index in [9.17, 15) is 14.7 Å². The van der Waals surface area contributed by atoms with Crippen LogP contribution in [0.2, 0.25) is 0 Å². The molecule has 0 spiro atoms. The van der Waals surface area contributed by atoms with E-state index in [1.807, 2.05) is 0 Å². The Morgan fingerprint density at radius 3 is 2.00 bits per heavy atom. The molecule has 14 heavy (non-hydrogen) atoms. The zero-order valence-electron chi connectivity index (χ0n) is 7.16. The molecule has 0 aromatic heterocycles. The second kappa shape index (κ2) is 5.66. The Kier molecular flexibility index (Phi) is 5.24. The number of aliphatic hydroxyl groups is 4. The van der Waals surface area contributed by atoms with Gasteiger partial charge in [0.05, 0.1) is 12.7 Å². The van der Waals surface area contributed by atoms with E-state index in [2.05, 4.69) is 0 Å². The van der Waals surface area contributed by atoms with Crippen molar-refractivity contribution in [3.05, 3.63) is 0 Å². The van der Waals surface area contributed by atoms with E-state index in [-0.39, 0.29) is 0 Å². The zero-order valence-corrected chi connectivity index (χ0v) is 7.16. The largest absolute Gasteiger partial charge is 0.542 e. The van der Waals surface area contributed by atoms with Crippen LogP contribution in [0.1, 0.15) is 6.42 Å². The number of aliphatic carboxylic acids is 1. The van der Waals surface area contributed by atoms with Gasteiger partial charge in [-0.3, -0.25) is 4.79 Å². The van der Waals surface area contributed by atoms with E-state index in [0.29, 0.717) is 0 Å². The van der Waals surface area contributed by atoms with Gasteiger partial charge in [0.2, 0.25) is 0 Å². The van der Waals surface area contributed by atoms with Gasteiger partial charge < -0.3 is 30.3 Å². The monoisotopic (exact) mass is 207 g/mol. The van der Waals surface area contributed by atoms with Gasteiger partial charge in [0.1, 0.15) is 18.2 Å². The highest BCUT2D eigenvalue weighted by Gasteiger charge is 2.26. The van der Waals surface area contributed by atoms with Crippen LogP contribution in [0.5, 0.6) is 0 Å². The SMILES string of the molecule is O=C([O-])C(=O)C[C@H](O)[C@@H](O)[C@@H](O)CO. The van der Waals surface area contributed by atoms with Gasteiger partial charge in [-0.15, -0.1) is 0 Å². The standard InChI is InChI=1S/C7H12O7/c8-2-5(11)6(12)3(9)1-4(10)7(13)14/h3,5-6,8-9,11-12H,1-2H2,(H,13,14)/p-1/t3-,5-,6+/m0/s1. The predicted molar refractivity (Wildman–Crippen MR) is 39.7 cm³/mol. The van der Waals surface area contributed by atoms with Crippen LogP contribution in [0.25, 0.3) is 0 Å². The van der Waals surface area contributed by atoms with Gasteiger partial charge in [0.15, 0.2) is 5.78 Å². The summed E-state index contributed by atoms with van der Waals surface area (Å²) < 4.78 is 0. The highest BCUT2D eigenvalue weighted by Crippen LogP contribution is 2.04. The number of aliphatic hydroxyl groups excluding tert-OH is 4. The highest BCUT2D eigenvalue weighted by atomic mass is 16.4. The average Bonchev–Trinajstić information content (AvgIpc) is 2.14. The number of Topliss-reactive ketones (excluding diaryl/α,β-unsaturated/α-hetero) is 1. The van der Waals surface area contributed by atoms with Crippen molar-refractivity contribution in [3.63, 3.8) is 0 Å². The lowest BCUT2D eigenvalue weighted by molar-refractivity contribution is -0.300. The van der Waals surface area contributed by atoms with E-state index in [1.165, 1.54) is 0 Å². The molecule has 7 nitrogen and oxygen atoms in total. The quantitative estimate of drug-likeness (QED) is 0.324. The Bertz CT molecular complexity index is 214. The number of hydrogen-bond acceptors (Lipinski definition) is 7. The first-order valence-corrected chi connectivity index (χ1v) is 3.79. The number of hydrogen-bond donors (Lipinski definition) is 4. The molecule has 0 heterocycles. The minimum absolute atomic E-state index is 0.808. The van der Waals surface area contributed by atoms with Crippen molar-refractivity contribution in [1.29, 1.82) is 0 Å². The molecule has 0 fully saturated rings. The Morgan fingerprint density at radius 1 is 1.14 bits per heavy atom. The fraction of sp³-hybridized carbons (Fsp3) is 0.714. The molecule has 0 aromatic rings. The van der Waals surface area contributed by atoms with Crippen molar-refractivity contribution < 1.29 is 35.1 Å². The third-order valence-corrected chi connectivity index (χ3v) is 1.60. The number of ketones is 1. The fourth-order valence-corrected chi connectivity index (χ4v) is 0.758. The van der Waals surface area contributed by atoms with Crippen LogP contribution in [-0.4, -0.2) is 57.1 Å². The van der Waals surface area contributed by atoms with Crippen LogP contribution in [-0.2, 0) is 9.59 Å². The van der Waals surface area contributed by atoms with Gasteiger partial charge in [-0.1, -0.05) is 0 Å². The molecular formula is C7H11O7-. The van der Waals surface area contributed by atoms with Crippen LogP contribution in [0.4, 0.5) is 0 Å². The Morgan fingerprint density at radius 2 is 1.64 bits per heavy atom. The van der Waals surface area contributed by atoms with Crippen LogP contribution in [0.15, 0.2) is 0 Å². The van der Waals surface area contributed by atoms with Crippen LogP contribution in [0, 0.1) is 0 Å². The molecule has 0 saturated carbocycles. The summed E-state index contributed by atoms with van der Waals surface area (Å²) in [6, 6.07) is 0. The number of carboxylic acids is 1. The molecule has 3 atom stereocenters. The van der Waals surface area contributed by atoms with Gasteiger partial charge in [-0.2, -0.15) is 0 Å². The molecule has 0 aliphatic rings. The highest BCUT2D eigenvalue weighted by molar-refractivity contribution is 6.31. The summed E-state index contributed by atoms with van der Waals surface area (Å²) in [5, 5.41) is 45.1. The molecule has 0 aliphatic carbocycles. The van der Waals surface area contributed by atoms with E-state index in [0.717, 1.165) is 0 Å². The molecule has 7 heteroatoms. The van der Waals surface area contributed by atoms with Gasteiger partial charge in [0.25, 0.3) is 0 Å². The van der Waals surface area contributed by atoms with Crippen molar-refractivity contribution in [2.45, 2.75) is 24.7 Å². The first-order valence-electron chi connectivity index (χ1n) is 3.79. The normalized spacial score (nSPS) is 17.1. The number of carboxylic acid groups (broad SMARTS) is 1. The van der Waals surface area contributed by atoms with E-state index < -0.39 is 43.1 Å². The van der Waals surface area contributed by atoms with Crippen molar-refractivity contribution in [2.75, 3.05) is 6.61 Å². The van der Waals surface area contributed by atoms with Crippen LogP contribution in [0.3, 0.4) is 0 Å². The molecule has 82 valence electrons. The Balaban J connectivity index is 4.13. The number of rotatable bonds is 6. The molecule has 0 radical (unpaired) electrons. The van der Waals surface area contributed by atoms with E-state index in [4.69, 9.17) is 20.4 Å². The Hall–Kier alpha value is -1.02. The smallest absolute Gasteiger partial charge is 0.180 e. The van der Waals surface area contributed by atoms with Crippen molar-refractivity contribution in [2.24, 2.45) is 0 Å². The summed E-state index contributed by atoms with van der Waals surface area (Å²) in [6.45, 7) is -0.808. The average molecular weight is 207 g/mol. The minimum atomic E-state index is -1.98. The van der Waals surface area contributed by atoms with E-state index >= 15 is 0 Å². The molecular weight excluding hydrogens is 196 g/mol. The maximum absolute atomic E-state index is 10.5. The summed E-state index contributed by atoms with van der Waals surface area (Å²) in [7, 11) is 0. The third-order valence-electron chi connectivity index (χ3n) is 1.60. The van der Waals surface area contributed by atoms with Crippen LogP contribution < -0.4 is 5.11 Å². The molecule has 4 N–H and O–H groups in total. The van der Waals surface area contributed by atoms with Gasteiger partial charge in [0, 0.05) is 6.42 Å². The summed E-state index contributed by atoms with van der Waals surface area (Å²) in [5.41, 5.74) is 0. The topological polar surface area (TPSA) is 138 Å². The van der Waals surface area contributed by atoms with Crippen molar-refractivity contribution in [3.8, 4) is 0 Å². The predicted octanol–water partition coefficient (Wildman–Crippen LogP) is -4.23. The summed E-state index contributed by atoms with van der Waals surface area (Å²) in [5.74, 6) is -3.36. The maximum atomic E-state index is 10.5. The third kappa shape index (κ3) is 3.79. The molecule has 0 aromatic carbocycles. The lowest BCUT2D eigenvalue weighted by Gasteiger charge is -2.20. The fourth-order valence-electron chi connectivity index (χ4n) is 0.758. The molecule has 0 rings (SSSR count). The molecule has 0 saturated heterocycles. The number of carbonyl (C=O) groups excluding carboxylic acids is 2. The van der Waals surface area contributed by atoms with Gasteiger partial charge >= 0.3 is 0 Å². The lowest BCUT2D eigenvalue weighted by Crippen LogP contribution is -2.43. The van der Waals surface area contributed by atoms with Crippen molar-refractivity contribution in [1.82, 2.24) is 0 Å². The van der Waals surface area contributed by atoms with Gasteiger partial charge in [-0.25, -0.2) is 0 Å². The summed E-state index contributed by atoms with van der Waals surface area (Å²) in [6.07, 6.45) is -6.02. The zero-order chi connectivity index (χ0) is 11.3. The second-order valence-corrected chi connectivity index (χ2v) is 2.72. The van der Waals surface area contributed by atoms with Gasteiger partial charge in [-0.05, 0) is 0 Å². The summed E-state index contributed by atoms with van der Waals surface area (Å²) in [4.78, 5) is 20.4. The minimum Gasteiger partial charge on any atom is -0.542 e. The first kappa shape index (κ1) is 13.0. The summed E-state index contributed by atoms with van der Waals surface area (Å²) >= 11 is 0. The Labute approximate surface area is 79.2 Å². The second-order valence-electron chi connectivity index (χ2n) is 2.72. The molecule has 0 aliphatic heterocycles. The maximum Gasteiger partial charge on any atom is 0.180 e. The molecule has 0 amide bonds. The van der Waals surface area contributed by atoms with Crippen molar-refractivity contribution >= 4 is 11.8 Å². The number of carbonyl (C=O) groups is 2. The lowest BCUT2D eigenvalue weighted by atomic mass is 10.0. The van der Waals surface area contributed by atoms with E-state index in [1.54, 1.807) is 0 Å².